The quantitative estimate of drug-likeness (QED) is 0.848. The molecule has 1 saturated heterocycles. The number of methoxy groups -OCH3 is 1. The van der Waals surface area contributed by atoms with Gasteiger partial charge in [0.15, 0.2) is 0 Å². The second-order valence-electron chi connectivity index (χ2n) is 6.00. The van der Waals surface area contributed by atoms with Crippen molar-refractivity contribution < 1.29 is 4.74 Å². The largest absolute Gasteiger partial charge is 0.384 e. The third kappa shape index (κ3) is 4.52. The topological polar surface area (TPSA) is 38.5 Å². The maximum atomic E-state index is 6.43. The SMILES string of the molecule is CCC(N)C(c1ccc(Br)cc1)N1CCC(COC)CC1. The Labute approximate surface area is 137 Å². The highest BCUT2D eigenvalue weighted by Crippen LogP contribution is 2.30. The van der Waals surface area contributed by atoms with Crippen LogP contribution < -0.4 is 5.73 Å². The van der Waals surface area contributed by atoms with Crippen molar-refractivity contribution in [1.82, 2.24) is 4.90 Å². The van der Waals surface area contributed by atoms with Gasteiger partial charge in [0.2, 0.25) is 0 Å². The molecule has 0 aromatic heterocycles. The number of hydrogen-bond donors (Lipinski definition) is 1. The Hall–Kier alpha value is -0.420. The van der Waals surface area contributed by atoms with Gasteiger partial charge in [0.05, 0.1) is 0 Å². The number of likely N-dealkylation sites (tertiary alicyclic amines) is 1. The lowest BCUT2D eigenvalue weighted by Gasteiger charge is -2.40. The molecule has 4 heteroatoms. The zero-order chi connectivity index (χ0) is 15.2. The second-order valence-corrected chi connectivity index (χ2v) is 6.92. The van der Waals surface area contributed by atoms with E-state index in [1.165, 1.54) is 18.4 Å². The van der Waals surface area contributed by atoms with Crippen molar-refractivity contribution in [1.29, 1.82) is 0 Å². The van der Waals surface area contributed by atoms with Crippen LogP contribution in [0.5, 0.6) is 0 Å². The fourth-order valence-corrected chi connectivity index (χ4v) is 3.51. The van der Waals surface area contributed by atoms with Gasteiger partial charge >= 0.3 is 0 Å². The fraction of sp³-hybridized carbons (Fsp3) is 0.647. The van der Waals surface area contributed by atoms with Crippen LogP contribution in [0.15, 0.2) is 28.7 Å². The molecule has 0 saturated carbocycles. The third-order valence-electron chi connectivity index (χ3n) is 4.53. The van der Waals surface area contributed by atoms with E-state index < -0.39 is 0 Å². The molecule has 1 heterocycles. The zero-order valence-corrected chi connectivity index (χ0v) is 14.7. The number of nitrogens with zero attached hydrogens (tertiary/aromatic N) is 1. The molecule has 1 aliphatic heterocycles. The predicted molar refractivity (Wildman–Crippen MR) is 91.3 cm³/mol. The van der Waals surface area contributed by atoms with Gasteiger partial charge in [0.1, 0.15) is 0 Å². The minimum Gasteiger partial charge on any atom is -0.384 e. The standard InChI is InChI=1S/C17H27BrN2O/c1-3-16(19)17(14-4-6-15(18)7-5-14)20-10-8-13(9-11-20)12-21-2/h4-7,13,16-17H,3,8-12,19H2,1-2H3. The van der Waals surface area contributed by atoms with E-state index in [0.717, 1.165) is 30.6 Å². The van der Waals surface area contributed by atoms with Crippen molar-refractivity contribution in [3.8, 4) is 0 Å². The van der Waals surface area contributed by atoms with E-state index in [0.29, 0.717) is 12.0 Å². The van der Waals surface area contributed by atoms with Crippen molar-refractivity contribution in [3.63, 3.8) is 0 Å². The highest BCUT2D eigenvalue weighted by molar-refractivity contribution is 9.10. The summed E-state index contributed by atoms with van der Waals surface area (Å²) in [6, 6.07) is 9.14. The molecule has 0 radical (unpaired) electrons. The van der Waals surface area contributed by atoms with Crippen molar-refractivity contribution >= 4 is 15.9 Å². The van der Waals surface area contributed by atoms with Gasteiger partial charge in [-0.3, -0.25) is 4.90 Å². The average molecular weight is 355 g/mol. The summed E-state index contributed by atoms with van der Waals surface area (Å²) < 4.78 is 6.41. The lowest BCUT2D eigenvalue weighted by molar-refractivity contribution is 0.0715. The molecule has 2 atom stereocenters. The Bertz CT molecular complexity index is 415. The van der Waals surface area contributed by atoms with Gasteiger partial charge in [-0.15, -0.1) is 0 Å². The van der Waals surface area contributed by atoms with E-state index >= 15 is 0 Å². The lowest BCUT2D eigenvalue weighted by atomic mass is 9.91. The summed E-state index contributed by atoms with van der Waals surface area (Å²) in [6.45, 7) is 5.29. The molecule has 118 valence electrons. The molecular weight excluding hydrogens is 328 g/mol. The first-order valence-electron chi connectivity index (χ1n) is 7.89. The van der Waals surface area contributed by atoms with E-state index in [-0.39, 0.29) is 6.04 Å². The molecule has 2 N–H and O–H groups in total. The van der Waals surface area contributed by atoms with Gasteiger partial charge in [-0.25, -0.2) is 0 Å². The van der Waals surface area contributed by atoms with Gasteiger partial charge < -0.3 is 10.5 Å². The van der Waals surface area contributed by atoms with Gasteiger partial charge in [-0.05, 0) is 56.0 Å². The Balaban J connectivity index is 2.09. The maximum absolute atomic E-state index is 6.43. The molecule has 1 aliphatic rings. The van der Waals surface area contributed by atoms with E-state index in [2.05, 4.69) is 52.0 Å². The molecule has 0 aliphatic carbocycles. The van der Waals surface area contributed by atoms with Crippen LogP contribution in [0, 0.1) is 5.92 Å². The smallest absolute Gasteiger partial charge is 0.0499 e. The maximum Gasteiger partial charge on any atom is 0.0499 e. The van der Waals surface area contributed by atoms with Crippen molar-refractivity contribution in [2.24, 2.45) is 11.7 Å². The summed E-state index contributed by atoms with van der Waals surface area (Å²) in [7, 11) is 1.80. The first kappa shape index (κ1) is 16.9. The molecule has 1 fully saturated rings. The highest BCUT2D eigenvalue weighted by Gasteiger charge is 2.29. The lowest BCUT2D eigenvalue weighted by Crippen LogP contribution is -2.45. The fourth-order valence-electron chi connectivity index (χ4n) is 3.25. The van der Waals surface area contributed by atoms with E-state index in [4.69, 9.17) is 10.5 Å². The molecule has 3 nitrogen and oxygen atoms in total. The van der Waals surface area contributed by atoms with Crippen LogP contribution in [0.25, 0.3) is 0 Å². The molecule has 2 rings (SSSR count). The van der Waals surface area contributed by atoms with Crippen LogP contribution >= 0.6 is 15.9 Å². The van der Waals surface area contributed by atoms with E-state index in [1.807, 2.05) is 0 Å². The van der Waals surface area contributed by atoms with Crippen molar-refractivity contribution in [3.05, 3.63) is 34.3 Å². The van der Waals surface area contributed by atoms with Gasteiger partial charge in [-0.2, -0.15) is 0 Å². The summed E-state index contributed by atoms with van der Waals surface area (Å²) >= 11 is 3.51. The number of hydrogen-bond acceptors (Lipinski definition) is 3. The van der Waals surface area contributed by atoms with Crippen LogP contribution in [-0.2, 0) is 4.74 Å². The third-order valence-corrected chi connectivity index (χ3v) is 5.06. The summed E-state index contributed by atoms with van der Waals surface area (Å²) in [6.07, 6.45) is 3.41. The Morgan fingerprint density at radius 1 is 1.29 bits per heavy atom. The van der Waals surface area contributed by atoms with Gasteiger partial charge in [0.25, 0.3) is 0 Å². The van der Waals surface area contributed by atoms with Crippen LogP contribution in [0.1, 0.15) is 37.8 Å². The van der Waals surface area contributed by atoms with Gasteiger partial charge in [-0.1, -0.05) is 35.0 Å². The Morgan fingerprint density at radius 2 is 1.90 bits per heavy atom. The van der Waals surface area contributed by atoms with Crippen LogP contribution in [0.3, 0.4) is 0 Å². The molecule has 21 heavy (non-hydrogen) atoms. The van der Waals surface area contributed by atoms with E-state index in [9.17, 15) is 0 Å². The van der Waals surface area contributed by atoms with E-state index in [1.54, 1.807) is 7.11 Å². The minimum atomic E-state index is 0.185. The summed E-state index contributed by atoms with van der Waals surface area (Å²) in [5.74, 6) is 0.703. The van der Waals surface area contributed by atoms with Crippen LogP contribution in [0.2, 0.25) is 0 Å². The minimum absolute atomic E-state index is 0.185. The normalized spacial score (nSPS) is 20.4. The monoisotopic (exact) mass is 354 g/mol. The molecule has 1 aromatic rings. The molecular formula is C17H27BrN2O. The van der Waals surface area contributed by atoms with Crippen LogP contribution in [0.4, 0.5) is 0 Å². The zero-order valence-electron chi connectivity index (χ0n) is 13.1. The first-order chi connectivity index (χ1) is 10.2. The van der Waals surface area contributed by atoms with Gasteiger partial charge in [0, 0.05) is 30.3 Å². The molecule has 0 bridgehead atoms. The summed E-state index contributed by atoms with van der Waals surface area (Å²) in [4.78, 5) is 2.56. The highest BCUT2D eigenvalue weighted by atomic mass is 79.9. The summed E-state index contributed by atoms with van der Waals surface area (Å²) in [5, 5.41) is 0. The number of halogens is 1. The molecule has 0 spiro atoms. The number of ether oxygens (including phenoxy) is 1. The molecule has 2 unspecified atom stereocenters. The molecule has 1 aromatic carbocycles. The number of piperidine rings is 1. The first-order valence-corrected chi connectivity index (χ1v) is 8.69. The number of benzene rings is 1. The predicted octanol–water partition coefficient (Wildman–Crippen LogP) is 3.59. The van der Waals surface area contributed by atoms with Crippen molar-refractivity contribution in [2.45, 2.75) is 38.3 Å². The number of rotatable bonds is 6. The van der Waals surface area contributed by atoms with Crippen LogP contribution in [-0.4, -0.2) is 37.7 Å². The number of nitrogens with two attached hydrogens (primary N) is 1. The molecule has 0 amide bonds. The average Bonchev–Trinajstić information content (AvgIpc) is 2.51. The Morgan fingerprint density at radius 3 is 2.43 bits per heavy atom. The summed E-state index contributed by atoms with van der Waals surface area (Å²) in [5.41, 5.74) is 7.76. The van der Waals surface area contributed by atoms with Crippen molar-refractivity contribution in [2.75, 3.05) is 26.8 Å². The Kier molecular flexibility index (Phi) is 6.68. The second kappa shape index (κ2) is 8.28.